The van der Waals surface area contributed by atoms with Gasteiger partial charge in [0.15, 0.2) is 0 Å². The van der Waals surface area contributed by atoms with Crippen LogP contribution in [0.3, 0.4) is 0 Å². The number of amides is 3. The van der Waals surface area contributed by atoms with Gasteiger partial charge in [0.05, 0.1) is 18.2 Å². The standard InChI is InChI=1S/C48H60FN9O4/c1-31-24-38-37-6-4-5-7-39(37)52-42(38)43(58(31)30-47(2,3)49)34-26-50-46(51-27-34)56-17-12-32(13-18-56)28-54-19-14-48(62-23-22-54)15-20-55(21-16-48)35-8-9-36-33(25-35)29-57(45(36)61)40-10-11-41(59)53-44(40)60/h4-9,25-27,31-32,40,43,52H,10-24,28-30H2,1-3H3,(H,53,59,60). The predicted molar refractivity (Wildman–Crippen MR) is 236 cm³/mol. The van der Waals surface area contributed by atoms with Crippen LogP contribution in [0.1, 0.15) is 105 Å². The number of carbonyl (C=O) groups excluding carboxylic acids is 3. The summed E-state index contributed by atoms with van der Waals surface area (Å²) in [4.78, 5) is 62.3. The van der Waals surface area contributed by atoms with Crippen molar-refractivity contribution < 1.29 is 23.5 Å². The number of fused-ring (bicyclic) bond motifs is 4. The van der Waals surface area contributed by atoms with E-state index in [2.05, 4.69) is 67.2 Å². The van der Waals surface area contributed by atoms with E-state index >= 15 is 4.39 Å². The number of H-pyrrole nitrogens is 1. The van der Waals surface area contributed by atoms with Gasteiger partial charge in [-0.3, -0.25) is 24.6 Å². The quantitative estimate of drug-likeness (QED) is 0.211. The van der Waals surface area contributed by atoms with E-state index in [0.717, 1.165) is 125 Å². The molecule has 0 saturated carbocycles. The van der Waals surface area contributed by atoms with Gasteiger partial charge in [0.2, 0.25) is 17.8 Å². The average molecular weight is 846 g/mol. The lowest BCUT2D eigenvalue weighted by Gasteiger charge is -2.42. The van der Waals surface area contributed by atoms with Crippen molar-refractivity contribution in [2.45, 2.75) is 108 Å². The molecular formula is C48H60FN9O4. The molecule has 4 aromatic rings. The van der Waals surface area contributed by atoms with Crippen molar-refractivity contribution in [2.75, 3.05) is 68.8 Å². The maximum absolute atomic E-state index is 15.3. The molecule has 6 aliphatic heterocycles. The molecule has 8 heterocycles. The Morgan fingerprint density at radius 2 is 1.68 bits per heavy atom. The van der Waals surface area contributed by atoms with Gasteiger partial charge in [-0.05, 0) is 107 Å². The second kappa shape index (κ2) is 16.3. The third-order valence-electron chi connectivity index (χ3n) is 14.7. The fourth-order valence-electron chi connectivity index (χ4n) is 11.3. The summed E-state index contributed by atoms with van der Waals surface area (Å²) in [6, 6.07) is 13.9. The molecule has 3 amide bonds. The molecular weight excluding hydrogens is 786 g/mol. The van der Waals surface area contributed by atoms with Crippen molar-refractivity contribution >= 4 is 40.3 Å². The molecule has 0 bridgehead atoms. The Hall–Kier alpha value is -4.92. The van der Waals surface area contributed by atoms with Crippen LogP contribution < -0.4 is 15.1 Å². The number of benzene rings is 2. The number of halogens is 1. The van der Waals surface area contributed by atoms with Crippen molar-refractivity contribution in [3.8, 4) is 0 Å². The largest absolute Gasteiger partial charge is 0.373 e. The number of piperidine rings is 3. The van der Waals surface area contributed by atoms with E-state index in [1.54, 1.807) is 18.7 Å². The second-order valence-electron chi connectivity index (χ2n) is 19.5. The second-order valence-corrected chi connectivity index (χ2v) is 19.5. The van der Waals surface area contributed by atoms with Crippen molar-refractivity contribution in [3.05, 3.63) is 82.8 Å². The highest BCUT2D eigenvalue weighted by Gasteiger charge is 2.42. The molecule has 4 fully saturated rings. The molecule has 62 heavy (non-hydrogen) atoms. The minimum Gasteiger partial charge on any atom is -0.373 e. The first kappa shape index (κ1) is 41.1. The topological polar surface area (TPSA) is 130 Å². The van der Waals surface area contributed by atoms with Crippen molar-refractivity contribution in [1.29, 1.82) is 0 Å². The summed E-state index contributed by atoms with van der Waals surface area (Å²) in [6.45, 7) is 13.7. The maximum atomic E-state index is 15.3. The van der Waals surface area contributed by atoms with Crippen molar-refractivity contribution in [2.24, 2.45) is 5.92 Å². The van der Waals surface area contributed by atoms with Gasteiger partial charge in [-0.1, -0.05) is 18.2 Å². The van der Waals surface area contributed by atoms with Crippen LogP contribution >= 0.6 is 0 Å². The summed E-state index contributed by atoms with van der Waals surface area (Å²) >= 11 is 0. The van der Waals surface area contributed by atoms with Crippen LogP contribution in [0.25, 0.3) is 10.9 Å². The van der Waals surface area contributed by atoms with Crippen molar-refractivity contribution in [3.63, 3.8) is 0 Å². The van der Waals surface area contributed by atoms with Gasteiger partial charge < -0.3 is 29.3 Å². The Bertz CT molecular complexity index is 2330. The lowest BCUT2D eigenvalue weighted by atomic mass is 9.87. The van der Waals surface area contributed by atoms with Gasteiger partial charge in [0.1, 0.15) is 11.7 Å². The van der Waals surface area contributed by atoms with E-state index in [0.29, 0.717) is 31.0 Å². The first-order valence-corrected chi connectivity index (χ1v) is 22.9. The fraction of sp³-hybridized carbons (Fsp3) is 0.562. The van der Waals surface area contributed by atoms with Crippen molar-refractivity contribution in [1.82, 2.24) is 35.0 Å². The van der Waals surface area contributed by atoms with Crippen LogP contribution in [0.5, 0.6) is 0 Å². The smallest absolute Gasteiger partial charge is 0.255 e. The third-order valence-corrected chi connectivity index (χ3v) is 14.7. The molecule has 1 spiro atoms. The molecule has 3 atom stereocenters. The number of para-hydroxylation sites is 1. The number of ether oxygens (including phenoxy) is 1. The summed E-state index contributed by atoms with van der Waals surface area (Å²) in [7, 11) is 0. The molecule has 2 aromatic carbocycles. The zero-order valence-electron chi connectivity index (χ0n) is 36.4. The van der Waals surface area contributed by atoms with E-state index in [1.165, 1.54) is 10.9 Å². The van der Waals surface area contributed by atoms with Crippen LogP contribution in [0.15, 0.2) is 54.9 Å². The van der Waals surface area contributed by atoms with Gasteiger partial charge >= 0.3 is 0 Å². The number of aromatic amines is 1. The first-order valence-electron chi connectivity index (χ1n) is 22.9. The molecule has 0 radical (unpaired) electrons. The molecule has 2 aromatic heterocycles. The monoisotopic (exact) mass is 845 g/mol. The summed E-state index contributed by atoms with van der Waals surface area (Å²) in [6.07, 6.45) is 10.6. The number of hydrogen-bond acceptors (Lipinski definition) is 10. The Morgan fingerprint density at radius 3 is 2.44 bits per heavy atom. The van der Waals surface area contributed by atoms with E-state index in [4.69, 9.17) is 14.7 Å². The molecule has 0 aliphatic carbocycles. The maximum Gasteiger partial charge on any atom is 0.255 e. The highest BCUT2D eigenvalue weighted by atomic mass is 19.1. The van der Waals surface area contributed by atoms with E-state index in [9.17, 15) is 14.4 Å². The fourth-order valence-corrected chi connectivity index (χ4v) is 11.3. The summed E-state index contributed by atoms with van der Waals surface area (Å²) in [5.41, 5.74) is 5.77. The first-order chi connectivity index (χ1) is 29.9. The normalized spacial score (nSPS) is 25.3. The van der Waals surface area contributed by atoms with Crippen LogP contribution in [-0.4, -0.2) is 130 Å². The number of nitrogens with one attached hydrogen (secondary N) is 2. The van der Waals surface area contributed by atoms with Gasteiger partial charge in [0.25, 0.3) is 5.91 Å². The number of rotatable bonds is 8. The van der Waals surface area contributed by atoms with Gasteiger partial charge in [0, 0.05) is 117 Å². The van der Waals surface area contributed by atoms with Crippen LogP contribution in [0.2, 0.25) is 0 Å². The Kier molecular flexibility index (Phi) is 10.8. The number of aromatic nitrogens is 3. The highest BCUT2D eigenvalue weighted by molar-refractivity contribution is 6.05. The Morgan fingerprint density at radius 1 is 0.919 bits per heavy atom. The molecule has 4 saturated heterocycles. The molecule has 3 unspecified atom stereocenters. The minimum atomic E-state index is -1.34. The summed E-state index contributed by atoms with van der Waals surface area (Å²) < 4.78 is 21.9. The molecule has 14 heteroatoms. The molecule has 328 valence electrons. The van der Waals surface area contributed by atoms with E-state index in [1.807, 2.05) is 24.5 Å². The Balaban J connectivity index is 0.718. The number of alkyl halides is 1. The summed E-state index contributed by atoms with van der Waals surface area (Å²) in [5, 5.41) is 3.63. The molecule has 10 rings (SSSR count). The minimum absolute atomic E-state index is 0.113. The number of anilines is 2. The zero-order chi connectivity index (χ0) is 42.8. The Labute approximate surface area is 363 Å². The SMILES string of the molecule is CC1Cc2c([nH]c3ccccc23)C(c2cnc(N3CCC(CN4CCOC5(CC4)CCN(c4ccc6c(c4)CN(C4CCC(=O)NC4=O)C6=O)CC5)CC3)nc2)N1CC(C)(C)F. The zero-order valence-corrected chi connectivity index (χ0v) is 36.4. The number of nitrogens with zero attached hydrogens (tertiary/aromatic N) is 7. The number of imide groups is 1. The number of hydrogen-bond donors (Lipinski definition) is 2. The average Bonchev–Trinajstić information content (AvgIpc) is 3.72. The van der Waals surface area contributed by atoms with Gasteiger partial charge in [-0.15, -0.1) is 0 Å². The van der Waals surface area contributed by atoms with Gasteiger partial charge in [-0.2, -0.15) is 0 Å². The van der Waals surface area contributed by atoms with E-state index in [-0.39, 0.29) is 41.8 Å². The highest BCUT2D eigenvalue weighted by Crippen LogP contribution is 2.42. The summed E-state index contributed by atoms with van der Waals surface area (Å²) in [5.74, 6) is 0.587. The number of carbonyl (C=O) groups is 3. The molecule has 6 aliphatic rings. The lowest BCUT2D eigenvalue weighted by Crippen LogP contribution is -2.52. The van der Waals surface area contributed by atoms with Crippen LogP contribution in [-0.2, 0) is 27.3 Å². The van der Waals surface area contributed by atoms with Crippen LogP contribution in [0, 0.1) is 5.92 Å². The predicted octanol–water partition coefficient (Wildman–Crippen LogP) is 5.78. The molecule has 13 nitrogen and oxygen atoms in total. The van der Waals surface area contributed by atoms with Gasteiger partial charge in [-0.25, -0.2) is 14.4 Å². The molecule has 2 N–H and O–H groups in total. The lowest BCUT2D eigenvalue weighted by molar-refractivity contribution is -0.136. The van der Waals surface area contributed by atoms with Crippen LogP contribution in [0.4, 0.5) is 16.0 Å². The van der Waals surface area contributed by atoms with E-state index < -0.39 is 11.7 Å². The third kappa shape index (κ3) is 7.98.